The molecule has 0 bridgehead atoms. The Kier molecular flexibility index (Phi) is 3.22. The van der Waals surface area contributed by atoms with Crippen LogP contribution in [0.2, 0.25) is 0 Å². The van der Waals surface area contributed by atoms with E-state index in [2.05, 4.69) is 5.32 Å². The number of carbonyl (C=O) groups excluding carboxylic acids is 1. The van der Waals surface area contributed by atoms with Crippen molar-refractivity contribution in [3.8, 4) is 0 Å². The van der Waals surface area contributed by atoms with Crippen LogP contribution in [0.5, 0.6) is 0 Å². The van der Waals surface area contributed by atoms with Gasteiger partial charge in [-0.25, -0.2) is 4.39 Å². The Morgan fingerprint density at radius 1 is 1.38 bits per heavy atom. The van der Waals surface area contributed by atoms with Crippen molar-refractivity contribution in [3.05, 3.63) is 29.6 Å². The maximum atomic E-state index is 13.5. The number of nitrogens with one attached hydrogen (secondary N) is 1. The zero-order chi connectivity index (χ0) is 11.5. The molecule has 1 amide bonds. The summed E-state index contributed by atoms with van der Waals surface area (Å²) in [6, 6.07) is 4.86. The molecule has 0 aromatic heterocycles. The molecule has 0 radical (unpaired) electrons. The fourth-order valence-corrected chi connectivity index (χ4v) is 2.14. The Balaban J connectivity index is 2.05. The summed E-state index contributed by atoms with van der Waals surface area (Å²) in [5, 5.41) is 2.67. The average Bonchev–Trinajstić information content (AvgIpc) is 2.75. The molecule has 1 aromatic carbocycles. The van der Waals surface area contributed by atoms with Crippen molar-refractivity contribution in [2.75, 3.05) is 5.32 Å². The third kappa shape index (κ3) is 2.40. The van der Waals surface area contributed by atoms with Crippen LogP contribution in [0.3, 0.4) is 0 Å². The molecule has 0 atom stereocenters. The molecule has 1 fully saturated rings. The second-order valence-electron chi connectivity index (χ2n) is 4.45. The van der Waals surface area contributed by atoms with Gasteiger partial charge in [-0.3, -0.25) is 4.79 Å². The molecule has 1 aliphatic carbocycles. The van der Waals surface area contributed by atoms with E-state index in [4.69, 9.17) is 0 Å². The monoisotopic (exact) mass is 221 g/mol. The molecule has 0 heterocycles. The van der Waals surface area contributed by atoms with Gasteiger partial charge >= 0.3 is 0 Å². The lowest BCUT2D eigenvalue weighted by Gasteiger charge is -2.11. The third-order valence-corrected chi connectivity index (χ3v) is 3.11. The summed E-state index contributed by atoms with van der Waals surface area (Å²) in [7, 11) is 0. The number of aryl methyl sites for hydroxylation is 1. The summed E-state index contributed by atoms with van der Waals surface area (Å²) in [6.45, 7) is 1.83. The van der Waals surface area contributed by atoms with Gasteiger partial charge in [-0.2, -0.15) is 0 Å². The van der Waals surface area contributed by atoms with Gasteiger partial charge in [0.1, 0.15) is 5.82 Å². The lowest BCUT2D eigenvalue weighted by molar-refractivity contribution is -0.119. The standard InChI is InChI=1S/C13H16FNO/c1-9-6-7-12(11(14)8-9)15-13(16)10-4-2-3-5-10/h6-8,10H,2-5H2,1H3,(H,15,16). The van der Waals surface area contributed by atoms with Gasteiger partial charge in [0.05, 0.1) is 5.69 Å². The van der Waals surface area contributed by atoms with Gasteiger partial charge in [-0.1, -0.05) is 18.9 Å². The minimum Gasteiger partial charge on any atom is -0.323 e. The summed E-state index contributed by atoms with van der Waals surface area (Å²) in [6.07, 6.45) is 4.07. The summed E-state index contributed by atoms with van der Waals surface area (Å²) in [5.41, 5.74) is 1.15. The van der Waals surface area contributed by atoms with E-state index in [1.807, 2.05) is 6.92 Å². The van der Waals surface area contributed by atoms with Gasteiger partial charge in [0.15, 0.2) is 0 Å². The molecule has 2 rings (SSSR count). The Bertz CT molecular complexity index is 397. The van der Waals surface area contributed by atoms with Crippen molar-refractivity contribution in [3.63, 3.8) is 0 Å². The summed E-state index contributed by atoms with van der Waals surface area (Å²) in [5.74, 6) is -0.327. The maximum absolute atomic E-state index is 13.5. The minimum absolute atomic E-state index is 0.0414. The van der Waals surface area contributed by atoms with E-state index in [1.54, 1.807) is 12.1 Å². The Morgan fingerprint density at radius 3 is 2.69 bits per heavy atom. The first-order chi connectivity index (χ1) is 7.66. The number of carbonyl (C=O) groups is 1. The molecule has 2 nitrogen and oxygen atoms in total. The highest BCUT2D eigenvalue weighted by Crippen LogP contribution is 2.26. The molecule has 0 saturated heterocycles. The first kappa shape index (κ1) is 11.1. The van der Waals surface area contributed by atoms with E-state index < -0.39 is 0 Å². The molecular weight excluding hydrogens is 205 g/mol. The van der Waals surface area contributed by atoms with Gasteiger partial charge in [0.2, 0.25) is 5.91 Å². The second-order valence-corrected chi connectivity index (χ2v) is 4.45. The molecule has 16 heavy (non-hydrogen) atoms. The van der Waals surface area contributed by atoms with Crippen LogP contribution in [-0.2, 0) is 4.79 Å². The van der Waals surface area contributed by atoms with Crippen molar-refractivity contribution < 1.29 is 9.18 Å². The highest BCUT2D eigenvalue weighted by atomic mass is 19.1. The van der Waals surface area contributed by atoms with E-state index >= 15 is 0 Å². The van der Waals surface area contributed by atoms with Gasteiger partial charge < -0.3 is 5.32 Å². The topological polar surface area (TPSA) is 29.1 Å². The van der Waals surface area contributed by atoms with Crippen molar-refractivity contribution in [1.82, 2.24) is 0 Å². The van der Waals surface area contributed by atoms with Crippen molar-refractivity contribution in [1.29, 1.82) is 0 Å². The van der Waals surface area contributed by atoms with Gasteiger partial charge in [0, 0.05) is 5.92 Å². The number of halogens is 1. The summed E-state index contributed by atoms with van der Waals surface area (Å²) in [4.78, 5) is 11.8. The first-order valence-corrected chi connectivity index (χ1v) is 5.74. The molecule has 0 aliphatic heterocycles. The molecule has 1 aromatic rings. The number of rotatable bonds is 2. The van der Waals surface area contributed by atoms with Crippen LogP contribution >= 0.6 is 0 Å². The molecule has 0 unspecified atom stereocenters. The average molecular weight is 221 g/mol. The van der Waals surface area contributed by atoms with Crippen LogP contribution < -0.4 is 5.32 Å². The summed E-state index contributed by atoms with van der Waals surface area (Å²) >= 11 is 0. The van der Waals surface area contributed by atoms with E-state index in [0.29, 0.717) is 5.69 Å². The molecule has 1 N–H and O–H groups in total. The normalized spacial score (nSPS) is 16.4. The van der Waals surface area contributed by atoms with Crippen LogP contribution in [0, 0.1) is 18.7 Å². The second kappa shape index (κ2) is 4.64. The fourth-order valence-electron chi connectivity index (χ4n) is 2.14. The van der Waals surface area contributed by atoms with Crippen molar-refractivity contribution in [2.45, 2.75) is 32.6 Å². The highest BCUT2D eigenvalue weighted by Gasteiger charge is 2.23. The number of hydrogen-bond acceptors (Lipinski definition) is 1. The zero-order valence-electron chi connectivity index (χ0n) is 9.42. The predicted octanol–water partition coefficient (Wildman–Crippen LogP) is 3.26. The molecule has 1 aliphatic rings. The number of hydrogen-bond donors (Lipinski definition) is 1. The van der Waals surface area contributed by atoms with E-state index in [0.717, 1.165) is 31.2 Å². The van der Waals surface area contributed by atoms with Crippen molar-refractivity contribution in [2.24, 2.45) is 5.92 Å². The number of anilines is 1. The van der Waals surface area contributed by atoms with Crippen LogP contribution in [0.4, 0.5) is 10.1 Å². The van der Waals surface area contributed by atoms with E-state index in [1.165, 1.54) is 6.07 Å². The fraction of sp³-hybridized carbons (Fsp3) is 0.462. The van der Waals surface area contributed by atoms with Crippen LogP contribution in [0.25, 0.3) is 0 Å². The predicted molar refractivity (Wildman–Crippen MR) is 61.7 cm³/mol. The molecule has 0 spiro atoms. The lowest BCUT2D eigenvalue weighted by Crippen LogP contribution is -2.20. The smallest absolute Gasteiger partial charge is 0.227 e. The van der Waals surface area contributed by atoms with Gasteiger partial charge in [-0.15, -0.1) is 0 Å². The number of amides is 1. The molecular formula is C13H16FNO. The summed E-state index contributed by atoms with van der Waals surface area (Å²) < 4.78 is 13.5. The van der Waals surface area contributed by atoms with E-state index in [9.17, 15) is 9.18 Å². The third-order valence-electron chi connectivity index (χ3n) is 3.11. The van der Waals surface area contributed by atoms with Gasteiger partial charge in [-0.05, 0) is 37.5 Å². The Hall–Kier alpha value is -1.38. The Labute approximate surface area is 94.9 Å². The van der Waals surface area contributed by atoms with E-state index in [-0.39, 0.29) is 17.6 Å². The molecule has 3 heteroatoms. The quantitative estimate of drug-likeness (QED) is 0.816. The maximum Gasteiger partial charge on any atom is 0.227 e. The number of benzene rings is 1. The van der Waals surface area contributed by atoms with Gasteiger partial charge in [0.25, 0.3) is 0 Å². The first-order valence-electron chi connectivity index (χ1n) is 5.74. The minimum atomic E-state index is -0.355. The lowest BCUT2D eigenvalue weighted by atomic mass is 10.1. The Morgan fingerprint density at radius 2 is 2.06 bits per heavy atom. The van der Waals surface area contributed by atoms with Crippen LogP contribution in [-0.4, -0.2) is 5.91 Å². The van der Waals surface area contributed by atoms with Crippen LogP contribution in [0.15, 0.2) is 18.2 Å². The SMILES string of the molecule is Cc1ccc(NC(=O)C2CCCC2)c(F)c1. The highest BCUT2D eigenvalue weighted by molar-refractivity contribution is 5.92. The molecule has 1 saturated carbocycles. The van der Waals surface area contributed by atoms with Crippen LogP contribution in [0.1, 0.15) is 31.2 Å². The largest absolute Gasteiger partial charge is 0.323 e. The zero-order valence-corrected chi connectivity index (χ0v) is 9.42. The molecule has 86 valence electrons. The van der Waals surface area contributed by atoms with Crippen molar-refractivity contribution >= 4 is 11.6 Å².